The molecule has 1 saturated carbocycles. The number of nitrogens with one attached hydrogen (secondary N) is 3. The maximum Gasteiger partial charge on any atom is 0.238 e. The van der Waals surface area contributed by atoms with Crippen LogP contribution in [0, 0.1) is 0 Å². The molecule has 2 aliphatic rings. The molecule has 0 aromatic carbocycles. The number of carbonyl (C=O) groups is 2. The summed E-state index contributed by atoms with van der Waals surface area (Å²) in [5.74, 6) is 1.93. The zero-order chi connectivity index (χ0) is 12.1. The van der Waals surface area contributed by atoms with Crippen molar-refractivity contribution in [2.24, 2.45) is 0 Å². The van der Waals surface area contributed by atoms with Gasteiger partial charge >= 0.3 is 0 Å². The van der Waals surface area contributed by atoms with Gasteiger partial charge in [0, 0.05) is 37.1 Å². The molecule has 1 aliphatic heterocycles. The van der Waals surface area contributed by atoms with Crippen LogP contribution in [0.15, 0.2) is 0 Å². The minimum Gasteiger partial charge on any atom is -0.354 e. The zero-order valence-electron chi connectivity index (χ0n) is 9.83. The standard InChI is InChI=1S/C11H19N3O2S/c15-10(14-8-1-2-8)3-4-13-11(16)9-7-17-6-5-12-9/h8-9,12H,1-7H2,(H,13,16)(H,14,15). The third-order valence-corrected chi connectivity index (χ3v) is 3.89. The van der Waals surface area contributed by atoms with E-state index in [9.17, 15) is 9.59 Å². The van der Waals surface area contributed by atoms with E-state index in [4.69, 9.17) is 0 Å². The van der Waals surface area contributed by atoms with E-state index in [-0.39, 0.29) is 17.9 Å². The van der Waals surface area contributed by atoms with Gasteiger partial charge in [0.1, 0.15) is 0 Å². The number of hydrogen-bond donors (Lipinski definition) is 3. The van der Waals surface area contributed by atoms with E-state index in [0.717, 1.165) is 30.9 Å². The molecule has 0 spiro atoms. The van der Waals surface area contributed by atoms with Crippen molar-refractivity contribution in [3.63, 3.8) is 0 Å². The van der Waals surface area contributed by atoms with Crippen molar-refractivity contribution in [2.45, 2.75) is 31.3 Å². The maximum atomic E-state index is 11.7. The molecule has 1 unspecified atom stereocenters. The van der Waals surface area contributed by atoms with E-state index in [2.05, 4.69) is 16.0 Å². The first-order valence-corrected chi connectivity index (χ1v) is 7.29. The van der Waals surface area contributed by atoms with E-state index in [0.29, 0.717) is 19.0 Å². The first kappa shape index (κ1) is 12.7. The van der Waals surface area contributed by atoms with Gasteiger partial charge in [0.25, 0.3) is 0 Å². The molecular formula is C11H19N3O2S. The Morgan fingerprint density at radius 1 is 1.35 bits per heavy atom. The van der Waals surface area contributed by atoms with Gasteiger partial charge in [0.2, 0.25) is 11.8 Å². The predicted molar refractivity (Wildman–Crippen MR) is 67.9 cm³/mol. The van der Waals surface area contributed by atoms with E-state index in [1.807, 2.05) is 0 Å². The fourth-order valence-corrected chi connectivity index (χ4v) is 2.62. The summed E-state index contributed by atoms with van der Waals surface area (Å²) in [5.41, 5.74) is 0. The summed E-state index contributed by atoms with van der Waals surface area (Å²) in [6, 6.07) is 0.301. The average Bonchev–Trinajstić information content (AvgIpc) is 3.14. The van der Waals surface area contributed by atoms with Gasteiger partial charge in [-0.1, -0.05) is 0 Å². The lowest BCUT2D eigenvalue weighted by atomic mass is 10.3. The smallest absolute Gasteiger partial charge is 0.238 e. The Bertz CT molecular complexity index is 288. The topological polar surface area (TPSA) is 70.2 Å². The van der Waals surface area contributed by atoms with Crippen molar-refractivity contribution in [3.8, 4) is 0 Å². The first-order valence-electron chi connectivity index (χ1n) is 6.14. The highest BCUT2D eigenvalue weighted by atomic mass is 32.2. The van der Waals surface area contributed by atoms with Crippen LogP contribution >= 0.6 is 11.8 Å². The Morgan fingerprint density at radius 2 is 2.18 bits per heavy atom. The minimum atomic E-state index is -0.0970. The summed E-state index contributed by atoms with van der Waals surface area (Å²) in [5, 5.41) is 8.86. The lowest BCUT2D eigenvalue weighted by molar-refractivity contribution is -0.123. The van der Waals surface area contributed by atoms with Crippen molar-refractivity contribution in [3.05, 3.63) is 0 Å². The van der Waals surface area contributed by atoms with Crippen LogP contribution in [0.2, 0.25) is 0 Å². The summed E-state index contributed by atoms with van der Waals surface area (Å²) >= 11 is 1.79. The van der Waals surface area contributed by atoms with Crippen LogP contribution in [0.4, 0.5) is 0 Å². The molecular weight excluding hydrogens is 238 g/mol. The summed E-state index contributed by atoms with van der Waals surface area (Å²) in [6.07, 6.45) is 2.57. The molecule has 6 heteroatoms. The molecule has 0 aromatic heterocycles. The van der Waals surface area contributed by atoms with Crippen molar-refractivity contribution in [1.29, 1.82) is 0 Å². The molecule has 17 heavy (non-hydrogen) atoms. The largest absolute Gasteiger partial charge is 0.354 e. The molecule has 3 N–H and O–H groups in total. The summed E-state index contributed by atoms with van der Waals surface area (Å²) in [4.78, 5) is 23.1. The fraction of sp³-hybridized carbons (Fsp3) is 0.818. The van der Waals surface area contributed by atoms with Crippen LogP contribution in [0.5, 0.6) is 0 Å². The molecule has 1 saturated heterocycles. The molecule has 2 amide bonds. The molecule has 96 valence electrons. The molecule has 2 rings (SSSR count). The van der Waals surface area contributed by atoms with E-state index in [1.54, 1.807) is 11.8 Å². The quantitative estimate of drug-likeness (QED) is 0.619. The van der Waals surface area contributed by atoms with Gasteiger partial charge in [-0.15, -0.1) is 0 Å². The molecule has 0 bridgehead atoms. The molecule has 0 aromatic rings. The van der Waals surface area contributed by atoms with Crippen LogP contribution in [0.25, 0.3) is 0 Å². The van der Waals surface area contributed by atoms with Gasteiger partial charge in [0.15, 0.2) is 0 Å². The highest BCUT2D eigenvalue weighted by Gasteiger charge is 2.23. The summed E-state index contributed by atoms with van der Waals surface area (Å²) < 4.78 is 0. The highest BCUT2D eigenvalue weighted by Crippen LogP contribution is 2.18. The Hall–Kier alpha value is -0.750. The lowest BCUT2D eigenvalue weighted by Crippen LogP contribution is -2.49. The number of hydrogen-bond acceptors (Lipinski definition) is 4. The third kappa shape index (κ3) is 4.55. The van der Waals surface area contributed by atoms with Crippen molar-refractivity contribution < 1.29 is 9.59 Å². The molecule has 1 aliphatic carbocycles. The second-order valence-corrected chi connectivity index (χ2v) is 5.61. The van der Waals surface area contributed by atoms with Crippen molar-refractivity contribution in [1.82, 2.24) is 16.0 Å². The average molecular weight is 257 g/mol. The maximum absolute atomic E-state index is 11.7. The van der Waals surface area contributed by atoms with Crippen LogP contribution < -0.4 is 16.0 Å². The first-order chi connectivity index (χ1) is 8.25. The third-order valence-electron chi connectivity index (χ3n) is 2.83. The van der Waals surface area contributed by atoms with Gasteiger partial charge in [-0.2, -0.15) is 11.8 Å². The molecule has 1 heterocycles. The van der Waals surface area contributed by atoms with Crippen LogP contribution in [0.1, 0.15) is 19.3 Å². The Labute approximate surface area is 105 Å². The van der Waals surface area contributed by atoms with Crippen LogP contribution in [0.3, 0.4) is 0 Å². The van der Waals surface area contributed by atoms with Gasteiger partial charge in [-0.3, -0.25) is 9.59 Å². The summed E-state index contributed by atoms with van der Waals surface area (Å²) in [7, 11) is 0. The fourth-order valence-electron chi connectivity index (χ4n) is 1.68. The van der Waals surface area contributed by atoms with E-state index in [1.165, 1.54) is 0 Å². The van der Waals surface area contributed by atoms with Crippen LogP contribution in [-0.2, 0) is 9.59 Å². The van der Waals surface area contributed by atoms with Gasteiger partial charge < -0.3 is 16.0 Å². The van der Waals surface area contributed by atoms with Crippen molar-refractivity contribution >= 4 is 23.6 Å². The second-order valence-electron chi connectivity index (χ2n) is 4.46. The molecule has 0 radical (unpaired) electrons. The second kappa shape index (κ2) is 6.26. The Balaban J connectivity index is 1.56. The lowest BCUT2D eigenvalue weighted by Gasteiger charge is -2.22. The molecule has 5 nitrogen and oxygen atoms in total. The van der Waals surface area contributed by atoms with E-state index >= 15 is 0 Å². The van der Waals surface area contributed by atoms with Gasteiger partial charge in [-0.25, -0.2) is 0 Å². The Morgan fingerprint density at radius 3 is 2.82 bits per heavy atom. The SMILES string of the molecule is O=C(CCNC(=O)C1CSCCN1)NC1CC1. The summed E-state index contributed by atoms with van der Waals surface area (Å²) in [6.45, 7) is 1.31. The normalized spacial score (nSPS) is 24.1. The molecule has 1 atom stereocenters. The predicted octanol–water partition coefficient (Wildman–Crippen LogP) is -0.524. The van der Waals surface area contributed by atoms with Gasteiger partial charge in [-0.05, 0) is 12.8 Å². The zero-order valence-corrected chi connectivity index (χ0v) is 10.6. The van der Waals surface area contributed by atoms with E-state index < -0.39 is 0 Å². The Kier molecular flexibility index (Phi) is 4.67. The van der Waals surface area contributed by atoms with Crippen LogP contribution in [-0.4, -0.2) is 48.5 Å². The minimum absolute atomic E-state index is 0.0106. The van der Waals surface area contributed by atoms with Gasteiger partial charge in [0.05, 0.1) is 6.04 Å². The number of rotatable bonds is 5. The number of amides is 2. The number of carbonyl (C=O) groups excluding carboxylic acids is 2. The highest BCUT2D eigenvalue weighted by molar-refractivity contribution is 7.99. The molecule has 2 fully saturated rings. The monoisotopic (exact) mass is 257 g/mol. The number of thioether (sulfide) groups is 1. The van der Waals surface area contributed by atoms with Crippen molar-refractivity contribution in [2.75, 3.05) is 24.6 Å².